The van der Waals surface area contributed by atoms with Crippen LogP contribution in [0.3, 0.4) is 0 Å². The molecule has 0 bridgehead atoms. The maximum absolute atomic E-state index is 12.9. The first-order chi connectivity index (χ1) is 12.0. The van der Waals surface area contributed by atoms with Crippen molar-refractivity contribution in [3.05, 3.63) is 35.4 Å². The van der Waals surface area contributed by atoms with E-state index >= 15 is 0 Å². The van der Waals surface area contributed by atoms with Crippen LogP contribution in [-0.4, -0.2) is 61.4 Å². The summed E-state index contributed by atoms with van der Waals surface area (Å²) in [7, 11) is 0. The normalized spacial score (nSPS) is 16.0. The fraction of sp³-hybridized carbons (Fsp3) is 0.562. The van der Waals surface area contributed by atoms with Crippen molar-refractivity contribution in [3.8, 4) is 0 Å². The van der Waals surface area contributed by atoms with Crippen molar-refractivity contribution in [2.24, 2.45) is 0 Å². The number of halogens is 2. The zero-order valence-corrected chi connectivity index (χ0v) is 14.4. The summed E-state index contributed by atoms with van der Waals surface area (Å²) in [5, 5.41) is 7.96. The SMILES string of the molecule is CCn1cc(CN2CCN(C(=O)c3ccnn3C(F)F)CC2)c(C)n1. The number of hydrogen-bond acceptors (Lipinski definition) is 4. The van der Waals surface area contributed by atoms with Crippen molar-refractivity contribution in [2.45, 2.75) is 33.5 Å². The molecule has 0 aromatic carbocycles. The molecule has 0 atom stereocenters. The standard InChI is InChI=1S/C16H22F2N6O/c1-3-23-11-13(12(2)20-23)10-21-6-8-22(9-7-21)15(25)14-4-5-19-24(14)16(17)18/h4-5,11,16H,3,6-10H2,1-2H3. The minimum Gasteiger partial charge on any atom is -0.335 e. The summed E-state index contributed by atoms with van der Waals surface area (Å²) in [6, 6.07) is 1.34. The Balaban J connectivity index is 1.59. The molecule has 1 saturated heterocycles. The van der Waals surface area contributed by atoms with Crippen LogP contribution in [0.2, 0.25) is 0 Å². The number of piperazine rings is 1. The molecule has 0 saturated carbocycles. The Kier molecular flexibility index (Phi) is 5.12. The van der Waals surface area contributed by atoms with Crippen LogP contribution in [0, 0.1) is 6.92 Å². The number of rotatable bonds is 5. The second-order valence-corrected chi connectivity index (χ2v) is 6.10. The number of nitrogens with zero attached hydrogens (tertiary/aromatic N) is 6. The lowest BCUT2D eigenvalue weighted by Gasteiger charge is -2.34. The van der Waals surface area contributed by atoms with E-state index in [2.05, 4.69) is 15.1 Å². The highest BCUT2D eigenvalue weighted by molar-refractivity contribution is 5.92. The lowest BCUT2D eigenvalue weighted by Crippen LogP contribution is -2.48. The summed E-state index contributed by atoms with van der Waals surface area (Å²) in [6.07, 6.45) is 3.28. The van der Waals surface area contributed by atoms with Crippen LogP contribution >= 0.6 is 0 Å². The fourth-order valence-corrected chi connectivity index (χ4v) is 3.03. The summed E-state index contributed by atoms with van der Waals surface area (Å²) < 4.78 is 28.1. The van der Waals surface area contributed by atoms with E-state index in [1.54, 1.807) is 4.90 Å². The molecule has 25 heavy (non-hydrogen) atoms. The molecule has 9 heteroatoms. The molecular formula is C16H22F2N6O. The van der Waals surface area contributed by atoms with Crippen LogP contribution in [0.25, 0.3) is 0 Å². The summed E-state index contributed by atoms with van der Waals surface area (Å²) in [6.45, 7) is 5.26. The van der Waals surface area contributed by atoms with E-state index in [0.717, 1.165) is 18.8 Å². The first kappa shape index (κ1) is 17.5. The molecular weight excluding hydrogens is 330 g/mol. The molecule has 0 unspecified atom stereocenters. The molecule has 7 nitrogen and oxygen atoms in total. The van der Waals surface area contributed by atoms with Crippen LogP contribution in [0.5, 0.6) is 0 Å². The molecule has 3 rings (SSSR count). The average Bonchev–Trinajstić information content (AvgIpc) is 3.22. The van der Waals surface area contributed by atoms with Gasteiger partial charge in [-0.25, -0.2) is 0 Å². The van der Waals surface area contributed by atoms with E-state index in [0.29, 0.717) is 30.9 Å². The molecule has 0 aliphatic carbocycles. The van der Waals surface area contributed by atoms with E-state index < -0.39 is 12.5 Å². The van der Waals surface area contributed by atoms with Gasteiger partial charge in [-0.2, -0.15) is 23.7 Å². The van der Waals surface area contributed by atoms with E-state index in [1.165, 1.54) is 17.8 Å². The number of alkyl halides is 2. The highest BCUT2D eigenvalue weighted by Crippen LogP contribution is 2.16. The van der Waals surface area contributed by atoms with E-state index in [4.69, 9.17) is 0 Å². The Bertz CT molecular complexity index is 733. The maximum Gasteiger partial charge on any atom is 0.333 e. The van der Waals surface area contributed by atoms with Gasteiger partial charge in [0.15, 0.2) is 0 Å². The number of carbonyl (C=O) groups excluding carboxylic acids is 1. The Morgan fingerprint density at radius 3 is 2.60 bits per heavy atom. The monoisotopic (exact) mass is 352 g/mol. The third kappa shape index (κ3) is 3.71. The van der Waals surface area contributed by atoms with Gasteiger partial charge in [0.05, 0.1) is 5.69 Å². The van der Waals surface area contributed by atoms with Gasteiger partial charge in [-0.15, -0.1) is 0 Å². The minimum absolute atomic E-state index is 0.0662. The van der Waals surface area contributed by atoms with Crippen LogP contribution < -0.4 is 0 Å². The molecule has 0 N–H and O–H groups in total. The maximum atomic E-state index is 12.9. The third-order valence-corrected chi connectivity index (χ3v) is 4.50. The number of amides is 1. The van der Waals surface area contributed by atoms with Gasteiger partial charge in [0.2, 0.25) is 0 Å². The minimum atomic E-state index is -2.81. The number of aromatic nitrogens is 4. The first-order valence-corrected chi connectivity index (χ1v) is 8.35. The molecule has 136 valence electrons. The average molecular weight is 352 g/mol. The first-order valence-electron chi connectivity index (χ1n) is 8.35. The fourth-order valence-electron chi connectivity index (χ4n) is 3.03. The lowest BCUT2D eigenvalue weighted by atomic mass is 10.2. The number of hydrogen-bond donors (Lipinski definition) is 0. The van der Waals surface area contributed by atoms with Crippen LogP contribution in [0.4, 0.5) is 8.78 Å². The van der Waals surface area contributed by atoms with E-state index in [1.807, 2.05) is 24.7 Å². The predicted molar refractivity (Wildman–Crippen MR) is 87.3 cm³/mol. The molecule has 0 spiro atoms. The summed E-state index contributed by atoms with van der Waals surface area (Å²) in [5.74, 6) is -0.396. The van der Waals surface area contributed by atoms with Crippen molar-refractivity contribution in [2.75, 3.05) is 26.2 Å². The van der Waals surface area contributed by atoms with Crippen molar-refractivity contribution in [3.63, 3.8) is 0 Å². The van der Waals surface area contributed by atoms with Crippen molar-refractivity contribution < 1.29 is 13.6 Å². The van der Waals surface area contributed by atoms with Gasteiger partial charge in [-0.1, -0.05) is 0 Å². The van der Waals surface area contributed by atoms with Gasteiger partial charge in [0.25, 0.3) is 5.91 Å². The Hall–Kier alpha value is -2.29. The topological polar surface area (TPSA) is 59.2 Å². The van der Waals surface area contributed by atoms with Gasteiger partial charge in [-0.05, 0) is 19.9 Å². The Morgan fingerprint density at radius 2 is 2.00 bits per heavy atom. The smallest absolute Gasteiger partial charge is 0.333 e. The molecule has 2 aromatic heterocycles. The van der Waals surface area contributed by atoms with Gasteiger partial charge in [0.1, 0.15) is 5.69 Å². The zero-order chi connectivity index (χ0) is 18.0. The molecule has 1 fully saturated rings. The van der Waals surface area contributed by atoms with Crippen molar-refractivity contribution >= 4 is 5.91 Å². The predicted octanol–water partition coefficient (Wildman–Crippen LogP) is 1.76. The van der Waals surface area contributed by atoms with Gasteiger partial charge < -0.3 is 4.90 Å². The molecule has 0 radical (unpaired) electrons. The van der Waals surface area contributed by atoms with E-state index in [-0.39, 0.29) is 5.69 Å². The van der Waals surface area contributed by atoms with Gasteiger partial charge in [-0.3, -0.25) is 14.4 Å². The summed E-state index contributed by atoms with van der Waals surface area (Å²) in [4.78, 5) is 16.3. The molecule has 3 heterocycles. The summed E-state index contributed by atoms with van der Waals surface area (Å²) >= 11 is 0. The second kappa shape index (κ2) is 7.30. The van der Waals surface area contributed by atoms with E-state index in [9.17, 15) is 13.6 Å². The molecule has 1 aliphatic rings. The third-order valence-electron chi connectivity index (χ3n) is 4.50. The summed E-state index contributed by atoms with van der Waals surface area (Å²) in [5.41, 5.74) is 2.13. The Morgan fingerprint density at radius 1 is 1.28 bits per heavy atom. The van der Waals surface area contributed by atoms with Gasteiger partial charge >= 0.3 is 6.55 Å². The highest BCUT2D eigenvalue weighted by atomic mass is 19.3. The molecule has 1 amide bonds. The Labute approximate surface area is 144 Å². The van der Waals surface area contributed by atoms with Crippen LogP contribution in [0.1, 0.15) is 35.2 Å². The van der Waals surface area contributed by atoms with Crippen LogP contribution in [-0.2, 0) is 13.1 Å². The van der Waals surface area contributed by atoms with Crippen LogP contribution in [0.15, 0.2) is 18.5 Å². The molecule has 2 aromatic rings. The number of aryl methyl sites for hydroxylation is 2. The number of carbonyl (C=O) groups is 1. The lowest BCUT2D eigenvalue weighted by molar-refractivity contribution is 0.0423. The largest absolute Gasteiger partial charge is 0.335 e. The highest BCUT2D eigenvalue weighted by Gasteiger charge is 2.26. The van der Waals surface area contributed by atoms with Gasteiger partial charge in [0, 0.05) is 57.2 Å². The zero-order valence-electron chi connectivity index (χ0n) is 14.4. The quantitative estimate of drug-likeness (QED) is 0.823. The van der Waals surface area contributed by atoms with Crippen molar-refractivity contribution in [1.29, 1.82) is 0 Å². The molecule has 1 aliphatic heterocycles. The van der Waals surface area contributed by atoms with Crippen molar-refractivity contribution in [1.82, 2.24) is 29.4 Å². The second-order valence-electron chi connectivity index (χ2n) is 6.10.